The summed E-state index contributed by atoms with van der Waals surface area (Å²) in [6, 6.07) is 8.00. The van der Waals surface area contributed by atoms with Crippen LogP contribution in [0.1, 0.15) is 43.0 Å². The van der Waals surface area contributed by atoms with Gasteiger partial charge in [0.1, 0.15) is 0 Å². The maximum absolute atomic E-state index is 5.50. The zero-order valence-electron chi connectivity index (χ0n) is 14.6. The largest absolute Gasteiger partial charge is 0.334 e. The van der Waals surface area contributed by atoms with Crippen LogP contribution in [0.15, 0.2) is 28.8 Å². The SMILES string of the molecule is CCCc1cc(-c2nc(-c3cc(C)nc(CC)c3)no2)cc(C)n1. The van der Waals surface area contributed by atoms with E-state index < -0.39 is 0 Å². The molecule has 3 heterocycles. The van der Waals surface area contributed by atoms with Crippen molar-refractivity contribution < 1.29 is 4.52 Å². The molecule has 124 valence electrons. The first-order chi connectivity index (χ1) is 11.6. The summed E-state index contributed by atoms with van der Waals surface area (Å²) >= 11 is 0. The highest BCUT2D eigenvalue weighted by Crippen LogP contribution is 2.24. The molecule has 0 amide bonds. The molecule has 0 N–H and O–H groups in total. The van der Waals surface area contributed by atoms with E-state index in [-0.39, 0.29) is 0 Å². The Balaban J connectivity index is 1.98. The van der Waals surface area contributed by atoms with Crippen LogP contribution in [-0.2, 0) is 12.8 Å². The predicted molar refractivity (Wildman–Crippen MR) is 93.6 cm³/mol. The number of pyridine rings is 2. The quantitative estimate of drug-likeness (QED) is 0.699. The Morgan fingerprint density at radius 1 is 0.833 bits per heavy atom. The van der Waals surface area contributed by atoms with Gasteiger partial charge in [0.25, 0.3) is 5.89 Å². The maximum atomic E-state index is 5.50. The average Bonchev–Trinajstić information content (AvgIpc) is 3.04. The molecule has 0 spiro atoms. The highest BCUT2D eigenvalue weighted by molar-refractivity contribution is 5.60. The molecule has 5 nitrogen and oxygen atoms in total. The summed E-state index contributed by atoms with van der Waals surface area (Å²) in [6.45, 7) is 8.19. The van der Waals surface area contributed by atoms with Gasteiger partial charge < -0.3 is 4.52 Å². The summed E-state index contributed by atoms with van der Waals surface area (Å²) < 4.78 is 5.50. The Morgan fingerprint density at radius 3 is 2.21 bits per heavy atom. The van der Waals surface area contributed by atoms with Crippen LogP contribution in [0.5, 0.6) is 0 Å². The minimum atomic E-state index is 0.528. The fourth-order valence-electron chi connectivity index (χ4n) is 2.75. The maximum Gasteiger partial charge on any atom is 0.258 e. The van der Waals surface area contributed by atoms with E-state index in [1.54, 1.807) is 0 Å². The van der Waals surface area contributed by atoms with Gasteiger partial charge in [-0.3, -0.25) is 9.97 Å². The molecular weight excluding hydrogens is 300 g/mol. The van der Waals surface area contributed by atoms with Crippen molar-refractivity contribution in [2.45, 2.75) is 47.0 Å². The fourth-order valence-corrected chi connectivity index (χ4v) is 2.75. The van der Waals surface area contributed by atoms with Gasteiger partial charge in [0.05, 0.1) is 0 Å². The lowest BCUT2D eigenvalue weighted by molar-refractivity contribution is 0.432. The van der Waals surface area contributed by atoms with Crippen molar-refractivity contribution in [3.63, 3.8) is 0 Å². The molecule has 0 aliphatic heterocycles. The molecule has 24 heavy (non-hydrogen) atoms. The molecule has 3 aromatic heterocycles. The lowest BCUT2D eigenvalue weighted by atomic mass is 10.1. The van der Waals surface area contributed by atoms with Crippen LogP contribution in [0.4, 0.5) is 0 Å². The zero-order valence-corrected chi connectivity index (χ0v) is 14.6. The second-order valence-corrected chi connectivity index (χ2v) is 6.00. The number of aryl methyl sites for hydroxylation is 4. The van der Waals surface area contributed by atoms with Gasteiger partial charge in [-0.25, -0.2) is 0 Å². The van der Waals surface area contributed by atoms with Crippen LogP contribution in [-0.4, -0.2) is 20.1 Å². The monoisotopic (exact) mass is 322 g/mol. The van der Waals surface area contributed by atoms with Crippen LogP contribution < -0.4 is 0 Å². The second kappa shape index (κ2) is 6.91. The van der Waals surface area contributed by atoms with Gasteiger partial charge in [0.2, 0.25) is 5.82 Å². The normalized spacial score (nSPS) is 11.0. The number of nitrogens with zero attached hydrogens (tertiary/aromatic N) is 4. The van der Waals surface area contributed by atoms with E-state index in [0.717, 1.165) is 53.2 Å². The van der Waals surface area contributed by atoms with E-state index >= 15 is 0 Å². The van der Waals surface area contributed by atoms with E-state index in [2.05, 4.69) is 34.0 Å². The smallest absolute Gasteiger partial charge is 0.258 e. The Kier molecular flexibility index (Phi) is 4.69. The number of aromatic nitrogens is 4. The highest BCUT2D eigenvalue weighted by atomic mass is 16.5. The lowest BCUT2D eigenvalue weighted by Gasteiger charge is -2.03. The van der Waals surface area contributed by atoms with Gasteiger partial charge >= 0.3 is 0 Å². The minimum Gasteiger partial charge on any atom is -0.334 e. The Hall–Kier alpha value is -2.56. The molecule has 0 aliphatic carbocycles. The molecule has 0 bridgehead atoms. The molecule has 0 fully saturated rings. The fraction of sp³-hybridized carbons (Fsp3) is 0.368. The van der Waals surface area contributed by atoms with Crippen molar-refractivity contribution in [1.29, 1.82) is 0 Å². The Labute approximate surface area is 142 Å². The van der Waals surface area contributed by atoms with E-state index in [0.29, 0.717) is 11.7 Å². The van der Waals surface area contributed by atoms with Gasteiger partial charge in [-0.1, -0.05) is 25.4 Å². The van der Waals surface area contributed by atoms with E-state index in [4.69, 9.17) is 4.52 Å². The molecule has 0 saturated carbocycles. The molecular formula is C19H22N4O. The third-order valence-electron chi connectivity index (χ3n) is 3.81. The van der Waals surface area contributed by atoms with E-state index in [1.165, 1.54) is 0 Å². The summed E-state index contributed by atoms with van der Waals surface area (Å²) in [5, 5.41) is 4.15. The van der Waals surface area contributed by atoms with Crippen molar-refractivity contribution in [3.05, 3.63) is 47.0 Å². The summed E-state index contributed by atoms with van der Waals surface area (Å²) in [6.07, 6.45) is 2.88. The molecule has 3 aromatic rings. The van der Waals surface area contributed by atoms with Crippen molar-refractivity contribution >= 4 is 0 Å². The molecule has 0 aliphatic rings. The number of hydrogen-bond donors (Lipinski definition) is 0. The molecule has 0 atom stereocenters. The van der Waals surface area contributed by atoms with Crippen LogP contribution in [0.2, 0.25) is 0 Å². The predicted octanol–water partition coefficient (Wildman–Crippen LogP) is 4.33. The molecule has 3 rings (SSSR count). The first-order valence-electron chi connectivity index (χ1n) is 8.38. The van der Waals surface area contributed by atoms with Gasteiger partial charge in [-0.05, 0) is 51.0 Å². The average molecular weight is 322 g/mol. The minimum absolute atomic E-state index is 0.528. The first-order valence-corrected chi connectivity index (χ1v) is 8.38. The van der Waals surface area contributed by atoms with Crippen molar-refractivity contribution in [2.75, 3.05) is 0 Å². The standard InChI is InChI=1S/C19H22N4O/c1-5-7-17-11-15(9-13(4)21-17)19-22-18(23-24-19)14-8-12(3)20-16(6-2)10-14/h8-11H,5-7H2,1-4H3. The van der Waals surface area contributed by atoms with Gasteiger partial charge in [-0.2, -0.15) is 4.98 Å². The summed E-state index contributed by atoms with van der Waals surface area (Å²) in [5.41, 5.74) is 5.87. The second-order valence-electron chi connectivity index (χ2n) is 6.00. The zero-order chi connectivity index (χ0) is 17.1. The summed E-state index contributed by atoms with van der Waals surface area (Å²) in [4.78, 5) is 13.6. The molecule has 0 saturated heterocycles. The third-order valence-corrected chi connectivity index (χ3v) is 3.81. The lowest BCUT2D eigenvalue weighted by Crippen LogP contribution is -1.94. The Bertz CT molecular complexity index is 854. The van der Waals surface area contributed by atoms with Crippen molar-refractivity contribution in [1.82, 2.24) is 20.1 Å². The van der Waals surface area contributed by atoms with Crippen LogP contribution >= 0.6 is 0 Å². The third kappa shape index (κ3) is 3.50. The van der Waals surface area contributed by atoms with Crippen molar-refractivity contribution in [2.24, 2.45) is 0 Å². The molecule has 0 aromatic carbocycles. The first kappa shape index (κ1) is 16.3. The molecule has 0 unspecified atom stereocenters. The number of rotatable bonds is 5. The molecule has 5 heteroatoms. The number of hydrogen-bond acceptors (Lipinski definition) is 5. The topological polar surface area (TPSA) is 64.7 Å². The van der Waals surface area contributed by atoms with E-state index in [9.17, 15) is 0 Å². The van der Waals surface area contributed by atoms with Crippen LogP contribution in [0.25, 0.3) is 22.8 Å². The molecule has 0 radical (unpaired) electrons. The van der Waals surface area contributed by atoms with Gasteiger partial charge in [0.15, 0.2) is 0 Å². The van der Waals surface area contributed by atoms with Gasteiger partial charge in [-0.15, -0.1) is 0 Å². The Morgan fingerprint density at radius 2 is 1.50 bits per heavy atom. The summed E-state index contributed by atoms with van der Waals surface area (Å²) in [7, 11) is 0. The van der Waals surface area contributed by atoms with Crippen LogP contribution in [0, 0.1) is 13.8 Å². The van der Waals surface area contributed by atoms with Crippen LogP contribution in [0.3, 0.4) is 0 Å². The van der Waals surface area contributed by atoms with E-state index in [1.807, 2.05) is 38.1 Å². The summed E-state index contributed by atoms with van der Waals surface area (Å²) in [5.74, 6) is 1.12. The van der Waals surface area contributed by atoms with Crippen molar-refractivity contribution in [3.8, 4) is 22.8 Å². The highest BCUT2D eigenvalue weighted by Gasteiger charge is 2.13. The van der Waals surface area contributed by atoms with Gasteiger partial charge in [0, 0.05) is 33.9 Å².